The van der Waals surface area contributed by atoms with Gasteiger partial charge in [-0.3, -0.25) is 0 Å². The Bertz CT molecular complexity index is 3420. The number of anilines is 6. The molecule has 0 aliphatic carbocycles. The van der Waals surface area contributed by atoms with Crippen molar-refractivity contribution >= 4 is 101 Å². The molecule has 0 atom stereocenters. The predicted octanol–water partition coefficient (Wildman–Crippen LogP) is 13.8. The van der Waals surface area contributed by atoms with Gasteiger partial charge < -0.3 is 18.6 Å². The standard InChI is InChI=1S/C56H45BN2O2/c1-55(2,3)36-24-27-43-47(30-36)59(46-20-14-19-42-40-18-11-13-22-51(40)61-54(42)46)49-32-37(56(4,5)6)31-48-53(49)57(43)44-29-35(34-15-8-7-9-16-34)23-28-45(44)58(48)38-25-26-41-39-17-10-12-21-50(39)60-52(41)33-38/h7-33H,1-6H3. The highest BCUT2D eigenvalue weighted by Gasteiger charge is 2.45. The molecule has 0 saturated heterocycles. The van der Waals surface area contributed by atoms with Crippen LogP contribution in [0.15, 0.2) is 173 Å². The van der Waals surface area contributed by atoms with Gasteiger partial charge in [-0.15, -0.1) is 0 Å². The van der Waals surface area contributed by atoms with Crippen LogP contribution in [-0.4, -0.2) is 6.71 Å². The van der Waals surface area contributed by atoms with Gasteiger partial charge in [0.15, 0.2) is 5.58 Å². The van der Waals surface area contributed by atoms with E-state index in [0.717, 1.165) is 55.3 Å². The Labute approximate surface area is 356 Å². The number of para-hydroxylation sites is 3. The molecule has 2 aliphatic heterocycles. The van der Waals surface area contributed by atoms with Crippen molar-refractivity contribution in [2.45, 2.75) is 52.4 Å². The molecule has 8 aromatic carbocycles. The lowest BCUT2D eigenvalue weighted by Crippen LogP contribution is -2.61. The fourth-order valence-corrected chi connectivity index (χ4v) is 10.0. The van der Waals surface area contributed by atoms with E-state index in [1.165, 1.54) is 61.4 Å². The summed E-state index contributed by atoms with van der Waals surface area (Å²) in [5.74, 6) is 0. The third-order valence-electron chi connectivity index (χ3n) is 13.2. The maximum atomic E-state index is 6.87. The maximum Gasteiger partial charge on any atom is 0.252 e. The van der Waals surface area contributed by atoms with E-state index < -0.39 is 0 Å². The topological polar surface area (TPSA) is 32.8 Å². The highest BCUT2D eigenvalue weighted by Crippen LogP contribution is 2.49. The van der Waals surface area contributed by atoms with Crippen molar-refractivity contribution in [1.82, 2.24) is 0 Å². The van der Waals surface area contributed by atoms with Crippen LogP contribution in [0.25, 0.3) is 55.0 Å². The molecule has 0 unspecified atom stereocenters. The van der Waals surface area contributed by atoms with E-state index in [1.807, 2.05) is 6.07 Å². The normalized spacial score (nSPS) is 13.6. The molecule has 0 amide bonds. The van der Waals surface area contributed by atoms with Gasteiger partial charge in [-0.2, -0.15) is 0 Å². The van der Waals surface area contributed by atoms with E-state index in [9.17, 15) is 0 Å². The van der Waals surface area contributed by atoms with Crippen LogP contribution in [0.5, 0.6) is 0 Å². The van der Waals surface area contributed by atoms with Crippen LogP contribution >= 0.6 is 0 Å². The van der Waals surface area contributed by atoms with Gasteiger partial charge in [-0.05, 0) is 104 Å². The van der Waals surface area contributed by atoms with Crippen molar-refractivity contribution in [2.75, 3.05) is 9.80 Å². The van der Waals surface area contributed by atoms with Gasteiger partial charge in [0.25, 0.3) is 6.71 Å². The van der Waals surface area contributed by atoms with Gasteiger partial charge in [0.1, 0.15) is 16.7 Å². The molecule has 10 aromatic rings. The van der Waals surface area contributed by atoms with Crippen molar-refractivity contribution in [3.05, 3.63) is 175 Å². The smallest absolute Gasteiger partial charge is 0.252 e. The Morgan fingerprint density at radius 3 is 1.79 bits per heavy atom. The van der Waals surface area contributed by atoms with Crippen LogP contribution in [0.1, 0.15) is 52.7 Å². The average Bonchev–Trinajstić information content (AvgIpc) is 3.84. The van der Waals surface area contributed by atoms with Crippen LogP contribution in [0.2, 0.25) is 0 Å². The first-order valence-electron chi connectivity index (χ1n) is 21.5. The van der Waals surface area contributed by atoms with E-state index in [2.05, 4.69) is 209 Å². The van der Waals surface area contributed by atoms with Crippen molar-refractivity contribution in [3.63, 3.8) is 0 Å². The summed E-state index contributed by atoms with van der Waals surface area (Å²) in [5, 5.41) is 4.48. The minimum Gasteiger partial charge on any atom is -0.456 e. The predicted molar refractivity (Wildman–Crippen MR) is 258 cm³/mol. The molecular formula is C56H45BN2O2. The number of furan rings is 2. The molecule has 0 bridgehead atoms. The molecule has 12 rings (SSSR count). The molecule has 0 fully saturated rings. The fourth-order valence-electron chi connectivity index (χ4n) is 10.0. The largest absolute Gasteiger partial charge is 0.456 e. The SMILES string of the molecule is CC(C)(C)c1ccc2c(c1)N(c1cccc3c1oc1ccccc13)c1cc(C(C)(C)C)cc3c1B2c1cc(-c2ccccc2)ccc1N3c1ccc2c(c1)oc1ccccc12. The summed E-state index contributed by atoms with van der Waals surface area (Å²) < 4.78 is 13.4. The Morgan fingerprint density at radius 2 is 1.03 bits per heavy atom. The minimum absolute atomic E-state index is 0.0426. The third-order valence-corrected chi connectivity index (χ3v) is 13.2. The first-order valence-corrected chi connectivity index (χ1v) is 21.5. The number of fused-ring (bicyclic) bond motifs is 10. The molecule has 4 heterocycles. The highest BCUT2D eigenvalue weighted by molar-refractivity contribution is 7.00. The number of hydrogen-bond donors (Lipinski definition) is 0. The van der Waals surface area contributed by atoms with E-state index in [0.29, 0.717) is 0 Å². The second kappa shape index (κ2) is 12.8. The molecule has 0 radical (unpaired) electrons. The van der Waals surface area contributed by atoms with Crippen LogP contribution in [-0.2, 0) is 10.8 Å². The Balaban J connectivity index is 1.21. The summed E-state index contributed by atoms with van der Waals surface area (Å²) in [4.78, 5) is 5.02. The summed E-state index contributed by atoms with van der Waals surface area (Å²) in [6.07, 6.45) is 0. The zero-order valence-corrected chi connectivity index (χ0v) is 35.4. The number of rotatable bonds is 3. The lowest BCUT2D eigenvalue weighted by molar-refractivity contribution is 0.590. The molecule has 0 spiro atoms. The summed E-state index contributed by atoms with van der Waals surface area (Å²) >= 11 is 0. The van der Waals surface area contributed by atoms with Gasteiger partial charge in [0, 0.05) is 56.0 Å². The zero-order valence-electron chi connectivity index (χ0n) is 35.4. The van der Waals surface area contributed by atoms with E-state index in [1.54, 1.807) is 0 Å². The molecule has 0 saturated carbocycles. The second-order valence-electron chi connectivity index (χ2n) is 19.0. The molecule has 2 aliphatic rings. The number of hydrogen-bond acceptors (Lipinski definition) is 4. The summed E-state index contributed by atoms with van der Waals surface area (Å²) in [6, 6.07) is 60.1. The first kappa shape index (κ1) is 35.9. The van der Waals surface area contributed by atoms with E-state index in [-0.39, 0.29) is 17.5 Å². The molecule has 2 aromatic heterocycles. The van der Waals surface area contributed by atoms with Gasteiger partial charge in [0.05, 0.1) is 5.69 Å². The van der Waals surface area contributed by atoms with Crippen LogP contribution < -0.4 is 26.2 Å². The highest BCUT2D eigenvalue weighted by atomic mass is 16.3. The lowest BCUT2D eigenvalue weighted by atomic mass is 9.33. The molecule has 61 heavy (non-hydrogen) atoms. The van der Waals surface area contributed by atoms with Crippen molar-refractivity contribution < 1.29 is 8.83 Å². The third kappa shape index (κ3) is 5.39. The average molecular weight is 789 g/mol. The molecule has 294 valence electrons. The maximum absolute atomic E-state index is 6.87. The quantitative estimate of drug-likeness (QED) is 0.167. The first-order chi connectivity index (χ1) is 29.5. The van der Waals surface area contributed by atoms with Crippen LogP contribution in [0.4, 0.5) is 34.1 Å². The summed E-state index contributed by atoms with van der Waals surface area (Å²) in [5.41, 5.74) is 18.9. The molecule has 5 heteroatoms. The van der Waals surface area contributed by atoms with Gasteiger partial charge in [-0.1, -0.05) is 145 Å². The Kier molecular flexibility index (Phi) is 7.52. The van der Waals surface area contributed by atoms with Gasteiger partial charge in [0.2, 0.25) is 0 Å². The Hall–Kier alpha value is -6.98. The van der Waals surface area contributed by atoms with E-state index in [4.69, 9.17) is 8.83 Å². The lowest BCUT2D eigenvalue weighted by Gasteiger charge is -2.45. The second-order valence-corrected chi connectivity index (χ2v) is 19.0. The Morgan fingerprint density at radius 1 is 0.393 bits per heavy atom. The monoisotopic (exact) mass is 788 g/mol. The van der Waals surface area contributed by atoms with Crippen molar-refractivity contribution in [1.29, 1.82) is 0 Å². The van der Waals surface area contributed by atoms with Gasteiger partial charge in [-0.25, -0.2) is 0 Å². The molecule has 4 nitrogen and oxygen atoms in total. The minimum atomic E-state index is -0.155. The zero-order chi connectivity index (χ0) is 41.4. The summed E-state index contributed by atoms with van der Waals surface area (Å²) in [6.45, 7) is 13.9. The van der Waals surface area contributed by atoms with Crippen LogP contribution in [0, 0.1) is 0 Å². The summed E-state index contributed by atoms with van der Waals surface area (Å²) in [7, 11) is 0. The molecular weight excluding hydrogens is 743 g/mol. The van der Waals surface area contributed by atoms with Gasteiger partial charge >= 0.3 is 0 Å². The van der Waals surface area contributed by atoms with Crippen molar-refractivity contribution in [2.24, 2.45) is 0 Å². The van der Waals surface area contributed by atoms with Crippen LogP contribution in [0.3, 0.4) is 0 Å². The number of benzene rings is 8. The molecule has 0 N–H and O–H groups in total. The fraction of sp³-hybridized carbons (Fsp3) is 0.143. The van der Waals surface area contributed by atoms with E-state index >= 15 is 0 Å². The number of nitrogens with zero attached hydrogens (tertiary/aromatic N) is 2. The van der Waals surface area contributed by atoms with Crippen molar-refractivity contribution in [3.8, 4) is 11.1 Å².